The van der Waals surface area contributed by atoms with E-state index in [1.807, 2.05) is 0 Å². The molecule has 0 atom stereocenters. The first-order chi connectivity index (χ1) is 8.81. The number of aromatic nitrogens is 2. The fourth-order valence-electron chi connectivity index (χ4n) is 2.09. The number of carbonyl (C=O) groups is 1. The standard InChI is InChI=1S/C10H12F3N3O2S/c11-10(12,13)7-15-16-8(19-7)14-5-9(2-1-3-9)4-6(17)18/h1-5H2,(H,14,16)(H,17,18). The summed E-state index contributed by atoms with van der Waals surface area (Å²) < 4.78 is 37.0. The zero-order valence-corrected chi connectivity index (χ0v) is 10.6. The van der Waals surface area contributed by atoms with Gasteiger partial charge < -0.3 is 10.4 Å². The van der Waals surface area contributed by atoms with Gasteiger partial charge in [0.1, 0.15) is 0 Å². The predicted octanol–water partition coefficient (Wildman–Crippen LogP) is 2.61. The molecule has 0 bridgehead atoms. The number of aliphatic carboxylic acids is 1. The smallest absolute Gasteiger partial charge is 0.445 e. The van der Waals surface area contributed by atoms with Crippen molar-refractivity contribution in [3.05, 3.63) is 5.01 Å². The molecule has 9 heteroatoms. The van der Waals surface area contributed by atoms with Gasteiger partial charge in [0.25, 0.3) is 0 Å². The van der Waals surface area contributed by atoms with E-state index in [0.717, 1.165) is 19.3 Å². The molecule has 0 amide bonds. The molecule has 0 aliphatic heterocycles. The largest absolute Gasteiger partial charge is 0.481 e. The van der Waals surface area contributed by atoms with Crippen LogP contribution in [0.3, 0.4) is 0 Å². The lowest BCUT2D eigenvalue weighted by Crippen LogP contribution is -2.38. The third-order valence-corrected chi connectivity index (χ3v) is 4.15. The fraction of sp³-hybridized carbons (Fsp3) is 0.700. The summed E-state index contributed by atoms with van der Waals surface area (Å²) in [4.78, 5) is 10.8. The van der Waals surface area contributed by atoms with Crippen molar-refractivity contribution in [3.63, 3.8) is 0 Å². The third-order valence-electron chi connectivity index (χ3n) is 3.22. The van der Waals surface area contributed by atoms with Gasteiger partial charge in [-0.05, 0) is 18.3 Å². The number of hydrogen-bond donors (Lipinski definition) is 2. The molecule has 19 heavy (non-hydrogen) atoms. The van der Waals surface area contributed by atoms with Crippen molar-refractivity contribution in [1.82, 2.24) is 10.2 Å². The molecule has 1 aromatic rings. The van der Waals surface area contributed by atoms with Crippen LogP contribution in [0.4, 0.5) is 18.3 Å². The van der Waals surface area contributed by atoms with Crippen molar-refractivity contribution in [2.24, 2.45) is 5.41 Å². The first-order valence-electron chi connectivity index (χ1n) is 5.67. The molecular formula is C10H12F3N3O2S. The lowest BCUT2D eigenvalue weighted by Gasteiger charge is -2.40. The van der Waals surface area contributed by atoms with Crippen molar-refractivity contribution in [3.8, 4) is 0 Å². The lowest BCUT2D eigenvalue weighted by atomic mass is 9.66. The van der Waals surface area contributed by atoms with Gasteiger partial charge >= 0.3 is 12.1 Å². The zero-order valence-electron chi connectivity index (χ0n) is 9.83. The number of carboxylic acid groups (broad SMARTS) is 1. The van der Waals surface area contributed by atoms with Crippen LogP contribution in [-0.2, 0) is 11.0 Å². The second kappa shape index (κ2) is 4.95. The molecule has 1 aliphatic rings. The Kier molecular flexibility index (Phi) is 3.66. The molecular weight excluding hydrogens is 283 g/mol. The fourth-order valence-corrected chi connectivity index (χ4v) is 2.69. The number of nitrogens with one attached hydrogen (secondary N) is 1. The van der Waals surface area contributed by atoms with Gasteiger partial charge in [-0.2, -0.15) is 13.2 Å². The molecule has 5 nitrogen and oxygen atoms in total. The van der Waals surface area contributed by atoms with Crippen LogP contribution in [-0.4, -0.2) is 27.8 Å². The third kappa shape index (κ3) is 3.34. The number of rotatable bonds is 5. The Morgan fingerprint density at radius 1 is 1.42 bits per heavy atom. The molecule has 2 rings (SSSR count). The highest BCUT2D eigenvalue weighted by Gasteiger charge is 2.39. The summed E-state index contributed by atoms with van der Waals surface area (Å²) in [6, 6.07) is 0. The highest BCUT2D eigenvalue weighted by atomic mass is 32.1. The van der Waals surface area contributed by atoms with Crippen LogP contribution in [0.2, 0.25) is 0 Å². The molecule has 2 N–H and O–H groups in total. The summed E-state index contributed by atoms with van der Waals surface area (Å²) >= 11 is 0.428. The molecule has 0 aromatic carbocycles. The Hall–Kier alpha value is -1.38. The Balaban J connectivity index is 1.95. The Bertz CT molecular complexity index is 471. The maximum Gasteiger partial charge on any atom is 0.445 e. The molecule has 0 radical (unpaired) electrons. The van der Waals surface area contributed by atoms with Gasteiger partial charge in [0.15, 0.2) is 0 Å². The average molecular weight is 295 g/mol. The summed E-state index contributed by atoms with van der Waals surface area (Å²) in [6.45, 7) is 0.311. The number of nitrogens with zero attached hydrogens (tertiary/aromatic N) is 2. The maximum absolute atomic E-state index is 12.3. The van der Waals surface area contributed by atoms with Gasteiger partial charge in [0.2, 0.25) is 10.1 Å². The van der Waals surface area contributed by atoms with E-state index in [4.69, 9.17) is 5.11 Å². The van der Waals surface area contributed by atoms with E-state index in [0.29, 0.717) is 17.9 Å². The van der Waals surface area contributed by atoms with Gasteiger partial charge in [0.05, 0.1) is 6.42 Å². The quantitative estimate of drug-likeness (QED) is 0.873. The lowest BCUT2D eigenvalue weighted by molar-refractivity contribution is -0.141. The summed E-state index contributed by atoms with van der Waals surface area (Å²) in [5.41, 5.74) is -0.365. The number of anilines is 1. The van der Waals surface area contributed by atoms with Crippen molar-refractivity contribution >= 4 is 22.4 Å². The van der Waals surface area contributed by atoms with Crippen molar-refractivity contribution in [1.29, 1.82) is 0 Å². The van der Waals surface area contributed by atoms with E-state index >= 15 is 0 Å². The van der Waals surface area contributed by atoms with Crippen LogP contribution < -0.4 is 5.32 Å². The van der Waals surface area contributed by atoms with Gasteiger partial charge in [-0.25, -0.2) is 0 Å². The van der Waals surface area contributed by atoms with E-state index in [2.05, 4.69) is 15.5 Å². The average Bonchev–Trinajstić information content (AvgIpc) is 2.69. The minimum absolute atomic E-state index is 0.0188. The van der Waals surface area contributed by atoms with Crippen LogP contribution in [0.1, 0.15) is 30.7 Å². The summed E-state index contributed by atoms with van der Waals surface area (Å²) in [6.07, 6.45) is -2.01. The van der Waals surface area contributed by atoms with Crippen molar-refractivity contribution < 1.29 is 23.1 Å². The summed E-state index contributed by atoms with van der Waals surface area (Å²) in [7, 11) is 0. The molecule has 1 fully saturated rings. The Morgan fingerprint density at radius 2 is 2.11 bits per heavy atom. The number of halogens is 3. The molecule has 106 valence electrons. The first-order valence-corrected chi connectivity index (χ1v) is 6.49. The number of alkyl halides is 3. The van der Waals surface area contributed by atoms with Crippen LogP contribution in [0.25, 0.3) is 0 Å². The van der Waals surface area contributed by atoms with E-state index in [1.54, 1.807) is 0 Å². The monoisotopic (exact) mass is 295 g/mol. The SMILES string of the molecule is O=C(O)CC1(CNc2nnc(C(F)(F)F)s2)CCC1. The van der Waals surface area contributed by atoms with E-state index in [-0.39, 0.29) is 17.0 Å². The normalized spacial score (nSPS) is 17.8. The predicted molar refractivity (Wildman–Crippen MR) is 61.9 cm³/mol. The van der Waals surface area contributed by atoms with Gasteiger partial charge in [-0.1, -0.05) is 17.8 Å². The summed E-state index contributed by atoms with van der Waals surface area (Å²) in [5, 5.41) is 17.1. The van der Waals surface area contributed by atoms with Crippen molar-refractivity contribution in [2.75, 3.05) is 11.9 Å². The Labute approximate surface area is 110 Å². The van der Waals surface area contributed by atoms with Gasteiger partial charge in [-0.15, -0.1) is 10.2 Å². The number of hydrogen-bond acceptors (Lipinski definition) is 5. The van der Waals surface area contributed by atoms with E-state index in [1.165, 1.54) is 0 Å². The molecule has 0 spiro atoms. The second-order valence-corrected chi connectivity index (χ2v) is 5.67. The van der Waals surface area contributed by atoms with Crippen LogP contribution in [0.15, 0.2) is 0 Å². The molecule has 1 aliphatic carbocycles. The van der Waals surface area contributed by atoms with Crippen molar-refractivity contribution in [2.45, 2.75) is 31.9 Å². The van der Waals surface area contributed by atoms with E-state index < -0.39 is 17.2 Å². The van der Waals surface area contributed by atoms with Crippen LogP contribution in [0.5, 0.6) is 0 Å². The minimum Gasteiger partial charge on any atom is -0.481 e. The topological polar surface area (TPSA) is 75.1 Å². The molecule has 1 aromatic heterocycles. The zero-order chi connectivity index (χ0) is 14.1. The highest BCUT2D eigenvalue weighted by Crippen LogP contribution is 2.44. The van der Waals surface area contributed by atoms with Gasteiger partial charge in [0, 0.05) is 6.54 Å². The minimum atomic E-state index is -4.49. The number of carboxylic acids is 1. The molecule has 1 saturated carbocycles. The maximum atomic E-state index is 12.3. The summed E-state index contributed by atoms with van der Waals surface area (Å²) in [5.74, 6) is -0.894. The highest BCUT2D eigenvalue weighted by molar-refractivity contribution is 7.15. The molecule has 1 heterocycles. The molecule has 0 unspecified atom stereocenters. The molecule has 0 saturated heterocycles. The first kappa shape index (κ1) is 14.0. The van der Waals surface area contributed by atoms with Crippen LogP contribution >= 0.6 is 11.3 Å². The Morgan fingerprint density at radius 3 is 2.53 bits per heavy atom. The van der Waals surface area contributed by atoms with Crippen LogP contribution in [0, 0.1) is 5.41 Å². The van der Waals surface area contributed by atoms with Gasteiger partial charge in [-0.3, -0.25) is 4.79 Å². The second-order valence-electron chi connectivity index (χ2n) is 4.69. The van der Waals surface area contributed by atoms with E-state index in [9.17, 15) is 18.0 Å².